The quantitative estimate of drug-likeness (QED) is 0.100. The van der Waals surface area contributed by atoms with E-state index in [1.54, 1.807) is 60.7 Å². The molecule has 1 fully saturated rings. The van der Waals surface area contributed by atoms with E-state index in [0.29, 0.717) is 35.4 Å². The minimum absolute atomic E-state index is 0.135. The van der Waals surface area contributed by atoms with Gasteiger partial charge in [0.05, 0.1) is 38.3 Å². The molecule has 0 aliphatic carbocycles. The Balaban J connectivity index is 1.89. The number of aliphatic hydroxyl groups excluding tert-OH is 4. The lowest BCUT2D eigenvalue weighted by atomic mass is 9.94. The Morgan fingerprint density at radius 2 is 1.52 bits per heavy atom. The predicted molar refractivity (Wildman–Crippen MR) is 162 cm³/mol. The van der Waals surface area contributed by atoms with Crippen LogP contribution in [0.2, 0.25) is 0 Å². The van der Waals surface area contributed by atoms with Crippen LogP contribution in [-0.4, -0.2) is 111 Å². The smallest absolute Gasteiger partial charge is 0.408 e. The van der Waals surface area contributed by atoms with Crippen LogP contribution in [0, 0.1) is 0 Å². The van der Waals surface area contributed by atoms with E-state index in [-0.39, 0.29) is 13.0 Å². The molecule has 0 bridgehead atoms. The second-order valence-corrected chi connectivity index (χ2v) is 11.0. The van der Waals surface area contributed by atoms with Crippen LogP contribution < -0.4 is 21.7 Å². The number of amides is 5. The average molecular weight is 644 g/mol. The number of nitrogens with zero attached hydrogens (tertiary/aromatic N) is 1. The van der Waals surface area contributed by atoms with E-state index in [1.165, 1.54) is 0 Å². The number of aliphatic hydroxyl groups is 4. The van der Waals surface area contributed by atoms with E-state index in [4.69, 9.17) is 10.5 Å². The van der Waals surface area contributed by atoms with E-state index in [9.17, 15) is 44.4 Å². The van der Waals surface area contributed by atoms with Crippen molar-refractivity contribution in [1.82, 2.24) is 20.9 Å². The van der Waals surface area contributed by atoms with Gasteiger partial charge in [-0.25, -0.2) is 4.79 Å². The largest absolute Gasteiger partial charge is 0.445 e. The summed E-state index contributed by atoms with van der Waals surface area (Å²) in [5.74, 6) is -4.15. The number of primary amides is 1. The molecule has 1 saturated heterocycles. The van der Waals surface area contributed by atoms with Gasteiger partial charge in [0.1, 0.15) is 18.2 Å². The van der Waals surface area contributed by atoms with Crippen molar-refractivity contribution >= 4 is 29.7 Å². The number of nitrogens with two attached hydrogens (primary N) is 1. The number of benzene rings is 2. The van der Waals surface area contributed by atoms with Gasteiger partial charge < -0.3 is 46.8 Å². The van der Waals surface area contributed by atoms with Gasteiger partial charge >= 0.3 is 6.09 Å². The molecule has 15 nitrogen and oxygen atoms in total. The summed E-state index contributed by atoms with van der Waals surface area (Å²) in [6.07, 6.45) is -3.12. The molecule has 0 saturated carbocycles. The molecule has 1 aliphatic heterocycles. The van der Waals surface area contributed by atoms with Crippen molar-refractivity contribution in [2.24, 2.45) is 5.73 Å². The van der Waals surface area contributed by atoms with E-state index in [2.05, 4.69) is 16.0 Å². The van der Waals surface area contributed by atoms with Crippen LogP contribution in [0.1, 0.15) is 30.4 Å². The first-order valence-electron chi connectivity index (χ1n) is 14.8. The first-order chi connectivity index (χ1) is 22.0. The maximum atomic E-state index is 13.9. The highest BCUT2D eigenvalue weighted by atomic mass is 16.5. The van der Waals surface area contributed by atoms with Crippen molar-refractivity contribution in [3.63, 3.8) is 0 Å². The molecular formula is C31H41N5O10. The number of alkyl carbamates (subject to hydrolysis) is 1. The first-order valence-corrected chi connectivity index (χ1v) is 14.8. The molecule has 15 heteroatoms. The van der Waals surface area contributed by atoms with Gasteiger partial charge in [-0.2, -0.15) is 0 Å². The highest BCUT2D eigenvalue weighted by molar-refractivity contribution is 6.01. The van der Waals surface area contributed by atoms with E-state index >= 15 is 0 Å². The van der Waals surface area contributed by atoms with Gasteiger partial charge in [-0.05, 0) is 36.9 Å². The zero-order valence-corrected chi connectivity index (χ0v) is 25.2. The van der Waals surface area contributed by atoms with Crippen LogP contribution >= 0.6 is 0 Å². The van der Waals surface area contributed by atoms with Crippen molar-refractivity contribution in [3.05, 3.63) is 71.8 Å². The Kier molecular flexibility index (Phi) is 13.6. The van der Waals surface area contributed by atoms with Crippen molar-refractivity contribution < 1.29 is 49.1 Å². The summed E-state index contributed by atoms with van der Waals surface area (Å²) in [6, 6.07) is 13.1. The Hall–Kier alpha value is -4.41. The third kappa shape index (κ3) is 9.55. The molecule has 0 spiro atoms. The SMILES string of the molecule is NC(=O)C[C@H](NC(=O)OCc1ccccc1)C(=O)N[C@@H](Cc1ccccc1)[C@H](O)C(=O)N(C(=O)[C@@H]1CCCN1)C(CO)(CO)CO. The highest BCUT2D eigenvalue weighted by Crippen LogP contribution is 2.22. The molecule has 0 aromatic heterocycles. The van der Waals surface area contributed by atoms with Gasteiger partial charge in [0, 0.05) is 0 Å². The predicted octanol–water partition coefficient (Wildman–Crippen LogP) is -1.93. The summed E-state index contributed by atoms with van der Waals surface area (Å²) in [4.78, 5) is 65.7. The second kappa shape index (κ2) is 17.3. The van der Waals surface area contributed by atoms with Gasteiger partial charge in [0.15, 0.2) is 6.10 Å². The molecule has 4 atom stereocenters. The Labute approximate surface area is 265 Å². The lowest BCUT2D eigenvalue weighted by Crippen LogP contribution is -2.68. The van der Waals surface area contributed by atoms with Crippen LogP contribution in [0.25, 0.3) is 0 Å². The maximum absolute atomic E-state index is 13.9. The zero-order chi connectivity index (χ0) is 33.7. The van der Waals surface area contributed by atoms with Gasteiger partial charge in [0.2, 0.25) is 17.7 Å². The summed E-state index contributed by atoms with van der Waals surface area (Å²) < 4.78 is 5.15. The van der Waals surface area contributed by atoms with Gasteiger partial charge in [-0.3, -0.25) is 24.1 Å². The maximum Gasteiger partial charge on any atom is 0.408 e. The standard InChI is InChI=1S/C31H41N5O10/c32-25(40)15-24(35-30(45)46-16-21-10-5-2-6-11-21)27(42)34-23(14-20-8-3-1-4-9-20)26(41)29(44)36(31(17-37,18-38)19-39)28(43)22-12-7-13-33-22/h1-6,8-11,22-24,26,33,37-39,41H,7,12-19H2,(H2,32,40)(H,34,42)(H,35,45)/t22-,23-,24-,26-/m0/s1. The fourth-order valence-electron chi connectivity index (χ4n) is 5.00. The summed E-state index contributed by atoms with van der Waals surface area (Å²) in [5.41, 5.74) is 4.36. The summed E-state index contributed by atoms with van der Waals surface area (Å²) in [7, 11) is 0. The Bertz CT molecular complexity index is 1310. The average Bonchev–Trinajstić information content (AvgIpc) is 3.61. The fourth-order valence-corrected chi connectivity index (χ4v) is 5.00. The number of nitrogens with one attached hydrogen (secondary N) is 3. The number of rotatable bonds is 16. The minimum atomic E-state index is -2.18. The summed E-state index contributed by atoms with van der Waals surface area (Å²) >= 11 is 0. The van der Waals surface area contributed by atoms with Gasteiger partial charge in [-0.1, -0.05) is 60.7 Å². The number of ether oxygens (including phenoxy) is 1. The number of hydrogen-bond donors (Lipinski definition) is 8. The van der Waals surface area contributed by atoms with E-state index in [0.717, 1.165) is 0 Å². The van der Waals surface area contributed by atoms with Crippen LogP contribution in [-0.2, 0) is 36.9 Å². The summed E-state index contributed by atoms with van der Waals surface area (Å²) in [5, 5.41) is 49.4. The molecule has 1 aliphatic rings. The Morgan fingerprint density at radius 1 is 0.935 bits per heavy atom. The van der Waals surface area contributed by atoms with Crippen molar-refractivity contribution in [2.45, 2.75) is 62.1 Å². The van der Waals surface area contributed by atoms with Crippen LogP contribution in [0.4, 0.5) is 4.79 Å². The molecule has 2 aromatic carbocycles. The molecule has 0 radical (unpaired) electrons. The molecule has 1 heterocycles. The molecule has 9 N–H and O–H groups in total. The van der Waals surface area contributed by atoms with Crippen LogP contribution in [0.5, 0.6) is 0 Å². The fraction of sp³-hybridized carbons (Fsp3) is 0.452. The van der Waals surface area contributed by atoms with E-state index < -0.39 is 85.7 Å². The number of carbonyl (C=O) groups is 5. The normalized spacial score (nSPS) is 16.5. The first kappa shape index (κ1) is 36.1. The van der Waals surface area contributed by atoms with Crippen molar-refractivity contribution in [1.29, 1.82) is 0 Å². The zero-order valence-electron chi connectivity index (χ0n) is 25.2. The topological polar surface area (TPSA) is 241 Å². The van der Waals surface area contributed by atoms with Crippen LogP contribution in [0.3, 0.4) is 0 Å². The third-order valence-corrected chi connectivity index (χ3v) is 7.64. The number of imide groups is 1. The third-order valence-electron chi connectivity index (χ3n) is 7.64. The minimum Gasteiger partial charge on any atom is -0.445 e. The van der Waals surface area contributed by atoms with Crippen molar-refractivity contribution in [3.8, 4) is 0 Å². The molecular weight excluding hydrogens is 602 g/mol. The molecule has 46 heavy (non-hydrogen) atoms. The van der Waals surface area contributed by atoms with Crippen LogP contribution in [0.15, 0.2) is 60.7 Å². The molecule has 0 unspecified atom stereocenters. The summed E-state index contributed by atoms with van der Waals surface area (Å²) in [6.45, 7) is -2.75. The lowest BCUT2D eigenvalue weighted by Gasteiger charge is -2.41. The lowest BCUT2D eigenvalue weighted by molar-refractivity contribution is -0.168. The number of hydrogen-bond acceptors (Lipinski definition) is 11. The molecule has 5 amide bonds. The molecule has 2 aromatic rings. The van der Waals surface area contributed by atoms with Crippen molar-refractivity contribution in [2.75, 3.05) is 26.4 Å². The highest BCUT2D eigenvalue weighted by Gasteiger charge is 2.48. The monoisotopic (exact) mass is 643 g/mol. The second-order valence-electron chi connectivity index (χ2n) is 11.0. The number of carbonyl (C=O) groups excluding carboxylic acids is 5. The molecule has 3 rings (SSSR count). The van der Waals surface area contributed by atoms with Gasteiger partial charge in [-0.15, -0.1) is 0 Å². The van der Waals surface area contributed by atoms with E-state index in [1.807, 2.05) is 0 Å². The molecule has 250 valence electrons. The van der Waals surface area contributed by atoms with Gasteiger partial charge in [0.25, 0.3) is 5.91 Å². The Morgan fingerprint density at radius 3 is 2.04 bits per heavy atom.